The van der Waals surface area contributed by atoms with Crippen molar-refractivity contribution in [1.82, 2.24) is 0 Å². The summed E-state index contributed by atoms with van der Waals surface area (Å²) in [5, 5.41) is 0. The summed E-state index contributed by atoms with van der Waals surface area (Å²) in [4.78, 5) is 51.1. The molecule has 3 aliphatic heterocycles. The van der Waals surface area contributed by atoms with Crippen molar-refractivity contribution in [3.63, 3.8) is 0 Å². The highest BCUT2D eigenvalue weighted by molar-refractivity contribution is 7.54. The largest absolute Gasteiger partial charge is 0.468 e. The Balaban J connectivity index is 1.73. The molecule has 0 atom stereocenters. The number of methoxy groups -OCH3 is 2. The van der Waals surface area contributed by atoms with E-state index in [0.29, 0.717) is 59.7 Å². The molecule has 171 valence electrons. The molecule has 3 saturated heterocycles. The number of carbonyl (C=O) groups excluding carboxylic acids is 4. The first-order chi connectivity index (χ1) is 15.5. The van der Waals surface area contributed by atoms with Crippen LogP contribution in [0.25, 0.3) is 0 Å². The molecule has 3 fully saturated rings. The van der Waals surface area contributed by atoms with E-state index in [1.165, 1.54) is 14.2 Å². The summed E-state index contributed by atoms with van der Waals surface area (Å²) in [6, 6.07) is 0. The Morgan fingerprint density at radius 1 is 0.455 bits per heavy atom. The summed E-state index contributed by atoms with van der Waals surface area (Å²) < 4.78 is 9.70. The molecule has 0 aromatic carbocycles. The number of hydrogen-bond acceptors (Lipinski definition) is 6. The molecule has 3 rings (SSSR count). The Morgan fingerprint density at radius 3 is 0.909 bits per heavy atom. The molecule has 33 heavy (non-hydrogen) atoms. The Bertz CT molecular complexity index is 739. The van der Waals surface area contributed by atoms with Crippen LogP contribution in [0.1, 0.15) is 41.5 Å². The molecule has 0 amide bonds. The van der Waals surface area contributed by atoms with Gasteiger partial charge in [-0.25, -0.2) is 0 Å². The number of rotatable bonds is 6. The number of hydrogen-bond donors (Lipinski definition) is 0. The molecule has 0 N–H and O–H groups in total. The summed E-state index contributed by atoms with van der Waals surface area (Å²) >= 11 is 0. The minimum Gasteiger partial charge on any atom is -0.468 e. The van der Waals surface area contributed by atoms with E-state index in [-0.39, 0.29) is 11.6 Å². The fraction of sp³-hybridized carbons (Fsp3) is 0.333. The molecule has 0 saturated carbocycles. The first kappa shape index (κ1) is 27.2. The van der Waals surface area contributed by atoms with Crippen LogP contribution >= 0.6 is 25.7 Å². The van der Waals surface area contributed by atoms with E-state index in [1.807, 2.05) is 41.5 Å². The third kappa shape index (κ3) is 4.83. The number of ether oxygens (including phenoxy) is 2. The van der Waals surface area contributed by atoms with Crippen molar-refractivity contribution in [2.45, 2.75) is 41.5 Å². The van der Waals surface area contributed by atoms with E-state index in [9.17, 15) is 19.2 Å². The van der Waals surface area contributed by atoms with Crippen LogP contribution in [0.2, 0.25) is 0 Å². The number of Topliss-reactive ketones (excluding diaryl/α,β-unsaturated/α-hetero) is 2. The van der Waals surface area contributed by atoms with Crippen LogP contribution in [0.5, 0.6) is 0 Å². The first-order valence-electron chi connectivity index (χ1n) is 10.1. The van der Waals surface area contributed by atoms with E-state index in [0.717, 1.165) is 35.5 Å². The topological polar surface area (TPSA) is 86.7 Å². The SMILES string of the molecule is COC(=O)[C]1[P][C](C(=O)[C]2[P][C](C(=O)[C]3[P][C](C(=O)OC)[C](C)[C]3C)[C](C)[C]2C)[C](C)[C]1C. The van der Waals surface area contributed by atoms with Crippen LogP contribution in [-0.4, -0.2) is 37.7 Å². The van der Waals surface area contributed by atoms with Crippen LogP contribution in [0, 0.1) is 69.5 Å². The van der Waals surface area contributed by atoms with E-state index < -0.39 is 11.9 Å². The molecule has 0 aromatic heterocycles. The van der Waals surface area contributed by atoms with Crippen LogP contribution in [-0.2, 0) is 28.7 Å². The second-order valence-electron chi connectivity index (χ2n) is 7.82. The van der Waals surface area contributed by atoms with Gasteiger partial charge in [0.15, 0.2) is 11.6 Å². The number of ketones is 2. The Labute approximate surface area is 203 Å². The zero-order valence-electron chi connectivity index (χ0n) is 19.8. The molecule has 0 unspecified atom stereocenters. The summed E-state index contributed by atoms with van der Waals surface area (Å²) in [5.41, 5.74) is 3.10. The van der Waals surface area contributed by atoms with Gasteiger partial charge in [0.05, 0.1) is 36.9 Å². The van der Waals surface area contributed by atoms with Crippen molar-refractivity contribution >= 4 is 49.2 Å². The predicted octanol–water partition coefficient (Wildman–Crippen LogP) is 5.11. The van der Waals surface area contributed by atoms with Gasteiger partial charge in [-0.3, -0.25) is 19.2 Å². The van der Waals surface area contributed by atoms with Gasteiger partial charge in [0.1, 0.15) is 11.3 Å². The fourth-order valence-electron chi connectivity index (χ4n) is 3.60. The fourth-order valence-corrected chi connectivity index (χ4v) is 7.68. The summed E-state index contributed by atoms with van der Waals surface area (Å²) in [7, 11) is 4.24. The number of carbonyl (C=O) groups is 4. The Hall–Kier alpha value is -0.430. The Kier molecular flexibility index (Phi) is 8.79. The Morgan fingerprint density at radius 2 is 0.667 bits per heavy atom. The normalized spacial score (nSPS) is 27.6. The van der Waals surface area contributed by atoms with Gasteiger partial charge >= 0.3 is 11.9 Å². The third-order valence-electron chi connectivity index (χ3n) is 6.11. The van der Waals surface area contributed by atoms with Gasteiger partial charge in [-0.15, -0.1) is 0 Å². The smallest absolute Gasteiger partial charge is 0.318 e. The summed E-state index contributed by atoms with van der Waals surface area (Å²) in [6.45, 7) is 11.0. The molecule has 0 aromatic rings. The van der Waals surface area contributed by atoms with Gasteiger partial charge in [-0.05, 0) is 25.7 Å². The van der Waals surface area contributed by atoms with Crippen molar-refractivity contribution in [1.29, 1.82) is 0 Å². The van der Waals surface area contributed by atoms with Gasteiger partial charge in [0.2, 0.25) is 0 Å². The third-order valence-corrected chi connectivity index (χ3v) is 10.6. The second-order valence-corrected chi connectivity index (χ2v) is 11.2. The van der Waals surface area contributed by atoms with Crippen molar-refractivity contribution < 1.29 is 28.7 Å². The average molecular weight is 501 g/mol. The lowest BCUT2D eigenvalue weighted by Gasteiger charge is -2.21. The predicted molar refractivity (Wildman–Crippen MR) is 128 cm³/mol. The van der Waals surface area contributed by atoms with Crippen molar-refractivity contribution in [3.8, 4) is 0 Å². The van der Waals surface area contributed by atoms with E-state index in [4.69, 9.17) is 9.47 Å². The van der Waals surface area contributed by atoms with Gasteiger partial charge in [-0.1, -0.05) is 41.5 Å². The highest BCUT2D eigenvalue weighted by atomic mass is 31.1. The number of esters is 2. The molecule has 15 radical (unpaired) electrons. The van der Waals surface area contributed by atoms with Crippen molar-refractivity contribution in [2.24, 2.45) is 0 Å². The van der Waals surface area contributed by atoms with Gasteiger partial charge in [0, 0.05) is 35.5 Å². The van der Waals surface area contributed by atoms with Crippen LogP contribution in [0.4, 0.5) is 0 Å². The summed E-state index contributed by atoms with van der Waals surface area (Å²) in [6.07, 6.45) is 0. The van der Waals surface area contributed by atoms with E-state index in [1.54, 1.807) is 0 Å². The standard InChI is InChI=1S/C24H24O6P3/c1-9-10(2)18(16(26)20-12(4)14(6)22(33-20)24(28)30-8)31-17(9)15(25)19-11(3)13(5)21(32-19)23(27)29-7/h1-8H3. The average Bonchev–Trinajstić information content (AvgIpc) is 3.39. The highest BCUT2D eigenvalue weighted by Crippen LogP contribution is 2.69. The monoisotopic (exact) mass is 501 g/mol. The summed E-state index contributed by atoms with van der Waals surface area (Å²) in [5.74, 6) is 3.39. The van der Waals surface area contributed by atoms with Crippen LogP contribution < -0.4 is 0 Å². The lowest BCUT2D eigenvalue weighted by Crippen LogP contribution is -2.21. The van der Waals surface area contributed by atoms with Crippen LogP contribution in [0.15, 0.2) is 0 Å². The lowest BCUT2D eigenvalue weighted by atomic mass is 9.81. The second kappa shape index (κ2) is 10.7. The molecular weight excluding hydrogens is 477 g/mol. The van der Waals surface area contributed by atoms with Gasteiger partial charge in [-0.2, -0.15) is 0 Å². The maximum absolute atomic E-state index is 13.5. The van der Waals surface area contributed by atoms with E-state index in [2.05, 4.69) is 0 Å². The van der Waals surface area contributed by atoms with E-state index >= 15 is 0 Å². The molecule has 0 aliphatic carbocycles. The van der Waals surface area contributed by atoms with Gasteiger partial charge in [0.25, 0.3) is 0 Å². The molecule has 0 spiro atoms. The van der Waals surface area contributed by atoms with Crippen molar-refractivity contribution in [3.05, 3.63) is 69.5 Å². The molecule has 9 heteroatoms. The zero-order valence-corrected chi connectivity index (χ0v) is 22.5. The maximum Gasteiger partial charge on any atom is 0.318 e. The minimum absolute atomic E-state index is 0.159. The zero-order chi connectivity index (χ0) is 24.8. The first-order valence-corrected chi connectivity index (χ1v) is 12.8. The molecule has 3 heterocycles. The quantitative estimate of drug-likeness (QED) is 0.372. The molecule has 3 aliphatic rings. The molecule has 6 nitrogen and oxygen atoms in total. The molecular formula is C24H24O6P3. The highest BCUT2D eigenvalue weighted by Gasteiger charge is 2.57. The molecule has 0 bridgehead atoms. The maximum atomic E-state index is 13.5. The van der Waals surface area contributed by atoms with Gasteiger partial charge < -0.3 is 9.47 Å². The minimum atomic E-state index is -0.442. The van der Waals surface area contributed by atoms with Crippen LogP contribution in [0.3, 0.4) is 0 Å². The van der Waals surface area contributed by atoms with Crippen molar-refractivity contribution in [2.75, 3.05) is 14.2 Å². The lowest BCUT2D eigenvalue weighted by molar-refractivity contribution is -0.137.